The fourth-order valence-corrected chi connectivity index (χ4v) is 6.42. The molecule has 0 radical (unpaired) electrons. The van der Waals surface area contributed by atoms with Gasteiger partial charge in [0.05, 0.1) is 17.5 Å². The Morgan fingerprint density at radius 2 is 1.75 bits per heavy atom. The third kappa shape index (κ3) is 2.92. The van der Waals surface area contributed by atoms with Gasteiger partial charge in [-0.3, -0.25) is 19.7 Å². The first-order valence-electron chi connectivity index (χ1n) is 10.7. The number of hydrogen-bond donors (Lipinski definition) is 1. The van der Waals surface area contributed by atoms with Crippen molar-refractivity contribution in [1.82, 2.24) is 5.32 Å². The lowest BCUT2D eigenvalue weighted by Gasteiger charge is -2.30. The molecule has 0 aromatic heterocycles. The minimum Gasteiger partial charge on any atom is -0.309 e. The van der Waals surface area contributed by atoms with Crippen LogP contribution in [-0.4, -0.2) is 47.6 Å². The van der Waals surface area contributed by atoms with Crippen LogP contribution in [0.5, 0.6) is 0 Å². The van der Waals surface area contributed by atoms with Gasteiger partial charge >= 0.3 is 0 Å². The zero-order valence-electron chi connectivity index (χ0n) is 17.7. The molecule has 6 nitrogen and oxygen atoms in total. The van der Waals surface area contributed by atoms with Crippen LogP contribution in [0.25, 0.3) is 0 Å². The maximum Gasteiger partial charge on any atom is 0.252 e. The number of nitrogens with one attached hydrogen (secondary N) is 1. The minimum atomic E-state index is -1.22. The molecule has 0 unspecified atom stereocenters. The smallest absolute Gasteiger partial charge is 0.252 e. The number of fused-ring (bicyclic) bond motifs is 4. The molecule has 3 amide bonds. The van der Waals surface area contributed by atoms with Crippen molar-refractivity contribution in [1.29, 1.82) is 0 Å². The summed E-state index contributed by atoms with van der Waals surface area (Å²) in [6.45, 7) is 0.497. The van der Waals surface area contributed by atoms with E-state index in [9.17, 15) is 14.4 Å². The lowest BCUT2D eigenvalue weighted by atomic mass is 9.76. The number of amides is 3. The molecule has 0 aliphatic carbocycles. The summed E-state index contributed by atoms with van der Waals surface area (Å²) in [5, 5.41) is 4.16. The Labute approximate surface area is 199 Å². The molecule has 2 saturated heterocycles. The van der Waals surface area contributed by atoms with Crippen molar-refractivity contribution in [3.63, 3.8) is 0 Å². The summed E-state index contributed by atoms with van der Waals surface area (Å²) in [6, 6.07) is 16.4. The van der Waals surface area contributed by atoms with E-state index in [2.05, 4.69) is 21.2 Å². The number of thioether (sulfide) groups is 1. The van der Waals surface area contributed by atoms with E-state index in [1.807, 2.05) is 48.7 Å². The Bertz CT molecular complexity index is 1080. The fourth-order valence-electron chi connectivity index (χ4n) is 5.58. The number of benzene rings is 2. The summed E-state index contributed by atoms with van der Waals surface area (Å²) < 4.78 is 0. The molecule has 1 spiro atoms. The lowest BCUT2D eigenvalue weighted by molar-refractivity contribution is -0.132. The summed E-state index contributed by atoms with van der Waals surface area (Å²) in [5.74, 6) is -1.16. The van der Waals surface area contributed by atoms with Gasteiger partial charge in [-0.05, 0) is 36.6 Å². The van der Waals surface area contributed by atoms with Crippen molar-refractivity contribution < 1.29 is 14.4 Å². The van der Waals surface area contributed by atoms with Gasteiger partial charge in [0.25, 0.3) is 5.91 Å². The van der Waals surface area contributed by atoms with Gasteiger partial charge in [0, 0.05) is 29.2 Å². The number of alkyl halides is 1. The van der Waals surface area contributed by atoms with Crippen molar-refractivity contribution in [2.45, 2.75) is 18.0 Å². The van der Waals surface area contributed by atoms with Crippen molar-refractivity contribution in [2.24, 2.45) is 11.8 Å². The zero-order chi connectivity index (χ0) is 22.5. The minimum absolute atomic E-state index is 0.143. The maximum atomic E-state index is 14.0. The second kappa shape index (κ2) is 8.32. The van der Waals surface area contributed by atoms with Crippen LogP contribution >= 0.6 is 27.7 Å². The van der Waals surface area contributed by atoms with Gasteiger partial charge in [0.2, 0.25) is 11.8 Å². The topological polar surface area (TPSA) is 69.7 Å². The van der Waals surface area contributed by atoms with Crippen LogP contribution in [0.4, 0.5) is 11.4 Å². The molecule has 2 aromatic rings. The normalized spacial score (nSPS) is 28.7. The average Bonchev–Trinajstić information content (AvgIpc) is 3.38. The number of anilines is 2. The van der Waals surface area contributed by atoms with Crippen LogP contribution in [-0.2, 0) is 19.9 Å². The molecular weight excluding hydrogens is 490 g/mol. The number of hydrogen-bond acceptors (Lipinski definition) is 5. The van der Waals surface area contributed by atoms with Crippen molar-refractivity contribution in [2.75, 3.05) is 33.7 Å². The Kier molecular flexibility index (Phi) is 5.63. The predicted octanol–water partition coefficient (Wildman–Crippen LogP) is 3.15. The summed E-state index contributed by atoms with van der Waals surface area (Å²) in [4.78, 5) is 44.6. The van der Waals surface area contributed by atoms with E-state index in [4.69, 9.17) is 0 Å². The molecule has 3 heterocycles. The molecular formula is C24H24BrN3O3S. The molecule has 2 fully saturated rings. The Morgan fingerprint density at radius 3 is 2.47 bits per heavy atom. The number of carbonyl (C=O) groups is 3. The zero-order valence-corrected chi connectivity index (χ0v) is 20.1. The molecule has 32 heavy (non-hydrogen) atoms. The lowest BCUT2D eigenvalue weighted by Crippen LogP contribution is -2.55. The average molecular weight is 514 g/mol. The number of imide groups is 1. The molecule has 3 aliphatic heterocycles. The van der Waals surface area contributed by atoms with Crippen LogP contribution in [0.15, 0.2) is 54.6 Å². The standard InChI is InChI=1S/C24H24BrN3O3S/c1-32-14-11-17-19-20(22(30)28(21(19)29)15-7-3-2-4-8-15)24(26-17)16-9-5-6-10-18(16)27(13-12-25)23(24)31/h2-10,17,19-20,26H,11-14H2,1H3/t17-,19+,20-,24-/m0/s1. The maximum absolute atomic E-state index is 14.0. The highest BCUT2D eigenvalue weighted by atomic mass is 79.9. The number of carbonyl (C=O) groups excluding carboxylic acids is 3. The fraction of sp³-hybridized carbons (Fsp3) is 0.375. The van der Waals surface area contributed by atoms with Crippen molar-refractivity contribution in [3.8, 4) is 0 Å². The molecule has 0 saturated carbocycles. The first kappa shape index (κ1) is 21.7. The molecule has 166 valence electrons. The Morgan fingerprint density at radius 1 is 1.03 bits per heavy atom. The molecule has 1 N–H and O–H groups in total. The predicted molar refractivity (Wildman–Crippen MR) is 130 cm³/mol. The summed E-state index contributed by atoms with van der Waals surface area (Å²) >= 11 is 5.15. The third-order valence-electron chi connectivity index (χ3n) is 6.82. The largest absolute Gasteiger partial charge is 0.309 e. The summed E-state index contributed by atoms with van der Waals surface area (Å²) in [5.41, 5.74) is 0.950. The highest BCUT2D eigenvalue weighted by Gasteiger charge is 2.71. The van der Waals surface area contributed by atoms with Gasteiger partial charge < -0.3 is 4.90 Å². The van der Waals surface area contributed by atoms with Crippen LogP contribution in [0.1, 0.15) is 12.0 Å². The van der Waals surface area contributed by atoms with Crippen LogP contribution < -0.4 is 15.1 Å². The first-order valence-corrected chi connectivity index (χ1v) is 13.2. The highest BCUT2D eigenvalue weighted by Crippen LogP contribution is 2.55. The Hall–Kier alpha value is -2.16. The monoisotopic (exact) mass is 513 g/mol. The van der Waals surface area contributed by atoms with Crippen LogP contribution in [0.3, 0.4) is 0 Å². The van der Waals surface area contributed by atoms with Gasteiger partial charge in [-0.2, -0.15) is 11.8 Å². The molecule has 4 atom stereocenters. The van der Waals surface area contributed by atoms with Crippen LogP contribution in [0, 0.1) is 11.8 Å². The second-order valence-corrected chi connectivity index (χ2v) is 10.1. The van der Waals surface area contributed by atoms with E-state index >= 15 is 0 Å². The molecule has 0 bridgehead atoms. The quantitative estimate of drug-likeness (QED) is 0.474. The first-order chi connectivity index (χ1) is 15.6. The van der Waals surface area contributed by atoms with E-state index < -0.39 is 17.4 Å². The van der Waals surface area contributed by atoms with Crippen molar-refractivity contribution in [3.05, 3.63) is 60.2 Å². The van der Waals surface area contributed by atoms with E-state index in [0.717, 1.165) is 17.0 Å². The number of rotatable bonds is 6. The van der Waals surface area contributed by atoms with E-state index in [-0.39, 0.29) is 23.8 Å². The van der Waals surface area contributed by atoms with Gasteiger partial charge in [0.15, 0.2) is 0 Å². The molecule has 2 aromatic carbocycles. The molecule has 8 heteroatoms. The molecule has 5 rings (SSSR count). The highest BCUT2D eigenvalue weighted by molar-refractivity contribution is 9.09. The number of halogens is 1. The summed E-state index contributed by atoms with van der Waals surface area (Å²) in [7, 11) is 0. The Balaban J connectivity index is 1.67. The van der Waals surface area contributed by atoms with Gasteiger partial charge in [-0.1, -0.05) is 52.3 Å². The second-order valence-electron chi connectivity index (χ2n) is 8.35. The summed E-state index contributed by atoms with van der Waals surface area (Å²) in [6.07, 6.45) is 2.73. The molecule has 3 aliphatic rings. The van der Waals surface area contributed by atoms with Gasteiger partial charge in [-0.25, -0.2) is 4.90 Å². The van der Waals surface area contributed by atoms with Crippen molar-refractivity contribution >= 4 is 56.8 Å². The van der Waals surface area contributed by atoms with Gasteiger partial charge in [-0.15, -0.1) is 0 Å². The number of para-hydroxylation sites is 2. The third-order valence-corrected chi connectivity index (χ3v) is 7.82. The SMILES string of the molecule is CSCC[C@@H]1N[C@]2(C(=O)N(CCBr)c3ccccc32)[C@@H]2C(=O)N(c3ccccc3)C(=O)[C@H]12. The van der Waals surface area contributed by atoms with E-state index in [0.29, 0.717) is 24.0 Å². The van der Waals surface area contributed by atoms with E-state index in [1.54, 1.807) is 28.8 Å². The van der Waals surface area contributed by atoms with E-state index in [1.165, 1.54) is 4.90 Å². The van der Waals surface area contributed by atoms with Crippen LogP contribution in [0.2, 0.25) is 0 Å². The number of nitrogens with zero attached hydrogens (tertiary/aromatic N) is 2. The van der Waals surface area contributed by atoms with Gasteiger partial charge in [0.1, 0.15) is 5.54 Å².